The molecule has 0 aromatic heterocycles. The summed E-state index contributed by atoms with van der Waals surface area (Å²) in [5, 5.41) is 1.10. The van der Waals surface area contributed by atoms with Gasteiger partial charge in [-0.15, -0.1) is 0 Å². The Bertz CT molecular complexity index is 727. The van der Waals surface area contributed by atoms with Gasteiger partial charge in [0.15, 0.2) is 5.52 Å². The molecule has 0 aliphatic carbocycles. The molecule has 0 amide bonds. The maximum atomic E-state index is 12.8. The number of benzene rings is 2. The number of unbranched alkanes of at least 4 members (excludes halogenated alkanes) is 2. The van der Waals surface area contributed by atoms with E-state index in [1.165, 1.54) is 18.4 Å². The lowest BCUT2D eigenvalue weighted by Crippen LogP contribution is -2.08. The average Bonchev–Trinajstić information content (AvgIpc) is 2.53. The van der Waals surface area contributed by atoms with Gasteiger partial charge >= 0.3 is 0 Å². The Balaban J connectivity index is 2.09. The molecule has 0 aliphatic rings. The molecular formula is C22H29O2P. The fourth-order valence-electron chi connectivity index (χ4n) is 3.13. The number of rotatable bonds is 8. The van der Waals surface area contributed by atoms with Gasteiger partial charge in [-0.3, -0.25) is 4.79 Å². The molecule has 2 aromatic carbocycles. The van der Waals surface area contributed by atoms with Gasteiger partial charge in [-0.05, 0) is 76.8 Å². The van der Waals surface area contributed by atoms with Crippen molar-refractivity contribution in [2.75, 3.05) is 6.61 Å². The molecule has 2 rings (SSSR count). The van der Waals surface area contributed by atoms with Crippen LogP contribution in [-0.2, 0) is 0 Å². The fraction of sp³-hybridized carbons (Fsp3) is 0.409. The van der Waals surface area contributed by atoms with Gasteiger partial charge in [0.1, 0.15) is 5.75 Å². The zero-order chi connectivity index (χ0) is 18.4. The van der Waals surface area contributed by atoms with E-state index in [1.54, 1.807) is 0 Å². The summed E-state index contributed by atoms with van der Waals surface area (Å²) in [5.41, 5.74) is 5.57. The van der Waals surface area contributed by atoms with Crippen LogP contribution in [0, 0.1) is 27.7 Å². The van der Waals surface area contributed by atoms with Crippen LogP contribution in [0.3, 0.4) is 0 Å². The quantitative estimate of drug-likeness (QED) is 0.452. The van der Waals surface area contributed by atoms with E-state index in [1.807, 2.05) is 26.0 Å². The number of carbonyl (C=O) groups is 1. The van der Waals surface area contributed by atoms with E-state index in [9.17, 15) is 4.79 Å². The normalized spacial score (nSPS) is 11.2. The maximum absolute atomic E-state index is 12.8. The molecule has 2 aromatic rings. The van der Waals surface area contributed by atoms with Gasteiger partial charge in [0.25, 0.3) is 0 Å². The van der Waals surface area contributed by atoms with Gasteiger partial charge < -0.3 is 4.74 Å². The number of ether oxygens (including phenoxy) is 1. The average molecular weight is 356 g/mol. The summed E-state index contributed by atoms with van der Waals surface area (Å²) >= 11 is 0. The first-order valence-electron chi connectivity index (χ1n) is 9.05. The molecule has 0 saturated carbocycles. The summed E-state index contributed by atoms with van der Waals surface area (Å²) in [6.45, 7) is 11.1. The molecule has 3 heteroatoms. The first kappa shape index (κ1) is 19.7. The lowest BCUT2D eigenvalue weighted by Gasteiger charge is -2.13. The topological polar surface area (TPSA) is 26.3 Å². The third kappa shape index (κ3) is 5.41. The van der Waals surface area contributed by atoms with Crippen molar-refractivity contribution in [1.82, 2.24) is 0 Å². The van der Waals surface area contributed by atoms with E-state index >= 15 is 0 Å². The molecule has 0 aliphatic heterocycles. The lowest BCUT2D eigenvalue weighted by atomic mass is 10.0. The second kappa shape index (κ2) is 9.15. The van der Waals surface area contributed by atoms with Crippen molar-refractivity contribution in [2.24, 2.45) is 0 Å². The zero-order valence-electron chi connectivity index (χ0n) is 16.0. The molecule has 0 saturated heterocycles. The van der Waals surface area contributed by atoms with Crippen molar-refractivity contribution in [1.29, 1.82) is 0 Å². The minimum absolute atomic E-state index is 0.148. The largest absolute Gasteiger partial charge is 0.494 e. The highest BCUT2D eigenvalue weighted by molar-refractivity contribution is 7.66. The second-order valence-corrected chi connectivity index (χ2v) is 8.00. The van der Waals surface area contributed by atoms with E-state index in [0.717, 1.165) is 46.3 Å². The van der Waals surface area contributed by atoms with E-state index in [4.69, 9.17) is 4.74 Å². The Hall–Kier alpha value is -1.66. The monoisotopic (exact) mass is 356 g/mol. The van der Waals surface area contributed by atoms with Crippen LogP contribution in [0.5, 0.6) is 5.75 Å². The number of hydrogen-bond acceptors (Lipinski definition) is 2. The van der Waals surface area contributed by atoms with E-state index < -0.39 is 0 Å². The second-order valence-electron chi connectivity index (χ2n) is 6.76. The van der Waals surface area contributed by atoms with Crippen molar-refractivity contribution in [2.45, 2.75) is 53.9 Å². The maximum Gasteiger partial charge on any atom is 0.186 e. The first-order valence-corrected chi connectivity index (χ1v) is 10.0. The molecule has 0 N–H and O–H groups in total. The van der Waals surface area contributed by atoms with Gasteiger partial charge in [-0.2, -0.15) is 0 Å². The van der Waals surface area contributed by atoms with Gasteiger partial charge in [0, 0.05) is 5.56 Å². The van der Waals surface area contributed by atoms with Crippen LogP contribution >= 0.6 is 8.58 Å². The van der Waals surface area contributed by atoms with E-state index in [2.05, 4.69) is 39.0 Å². The van der Waals surface area contributed by atoms with E-state index in [-0.39, 0.29) is 14.1 Å². The Morgan fingerprint density at radius 2 is 1.64 bits per heavy atom. The molecule has 25 heavy (non-hydrogen) atoms. The lowest BCUT2D eigenvalue weighted by molar-refractivity contribution is 0.108. The molecule has 0 heterocycles. The summed E-state index contributed by atoms with van der Waals surface area (Å²) in [6, 6.07) is 10.3. The third-order valence-electron chi connectivity index (χ3n) is 4.37. The summed E-state index contributed by atoms with van der Waals surface area (Å²) in [4.78, 5) is 12.8. The highest BCUT2D eigenvalue weighted by Crippen LogP contribution is 2.27. The van der Waals surface area contributed by atoms with Crippen LogP contribution in [0.15, 0.2) is 30.3 Å². The minimum Gasteiger partial charge on any atom is -0.494 e. The fourth-order valence-corrected chi connectivity index (χ4v) is 4.33. The molecule has 1 atom stereocenters. The first-order chi connectivity index (χ1) is 11.9. The SMILES string of the molecule is CCCCCOc1ccc(PC(=O)c2c(C)cc(C)cc2C)c(C)c1. The van der Waals surface area contributed by atoms with Crippen LogP contribution in [0.1, 0.15) is 58.8 Å². The molecule has 0 bridgehead atoms. The Morgan fingerprint density at radius 3 is 2.24 bits per heavy atom. The molecule has 2 nitrogen and oxygen atoms in total. The van der Waals surface area contributed by atoms with Crippen LogP contribution in [-0.4, -0.2) is 12.1 Å². The summed E-state index contributed by atoms with van der Waals surface area (Å²) < 4.78 is 5.80. The van der Waals surface area contributed by atoms with Gasteiger partial charge in [-0.1, -0.05) is 43.5 Å². The molecule has 134 valence electrons. The summed E-state index contributed by atoms with van der Waals surface area (Å²) in [6.07, 6.45) is 3.48. The van der Waals surface area contributed by atoms with Crippen molar-refractivity contribution in [3.8, 4) is 5.75 Å². The molecule has 0 fully saturated rings. The van der Waals surface area contributed by atoms with Crippen molar-refractivity contribution in [3.63, 3.8) is 0 Å². The summed E-state index contributed by atoms with van der Waals surface area (Å²) in [5.74, 6) is 0.900. The highest BCUT2D eigenvalue weighted by Gasteiger charge is 2.15. The van der Waals surface area contributed by atoms with E-state index in [0.29, 0.717) is 0 Å². The van der Waals surface area contributed by atoms with Crippen molar-refractivity contribution >= 4 is 19.4 Å². The minimum atomic E-state index is 0.148. The van der Waals surface area contributed by atoms with Crippen molar-refractivity contribution in [3.05, 3.63) is 58.1 Å². The summed E-state index contributed by atoms with van der Waals surface area (Å²) in [7, 11) is 0.148. The molecule has 0 radical (unpaired) electrons. The van der Waals surface area contributed by atoms with Gasteiger partial charge in [0.2, 0.25) is 0 Å². The predicted octanol–water partition coefficient (Wildman–Crippen LogP) is 5.63. The molecular weight excluding hydrogens is 327 g/mol. The third-order valence-corrected chi connectivity index (χ3v) is 5.67. The smallest absolute Gasteiger partial charge is 0.186 e. The molecule has 0 spiro atoms. The van der Waals surface area contributed by atoms with Crippen molar-refractivity contribution < 1.29 is 9.53 Å². The number of hydrogen-bond donors (Lipinski definition) is 0. The highest BCUT2D eigenvalue weighted by atomic mass is 31.1. The number of carbonyl (C=O) groups excluding carboxylic acids is 1. The Morgan fingerprint density at radius 1 is 0.960 bits per heavy atom. The zero-order valence-corrected chi connectivity index (χ0v) is 17.0. The van der Waals surface area contributed by atoms with Crippen LogP contribution in [0.2, 0.25) is 0 Å². The Labute approximate surface area is 153 Å². The van der Waals surface area contributed by atoms with Crippen LogP contribution < -0.4 is 10.0 Å². The van der Waals surface area contributed by atoms with Gasteiger partial charge in [0.05, 0.1) is 6.61 Å². The Kier molecular flexibility index (Phi) is 7.20. The standard InChI is InChI=1S/C22H29O2P/c1-6-7-8-11-24-19-9-10-20(16(3)14-19)25-22(23)21-17(4)12-15(2)13-18(21)5/h9-10,12-14,25H,6-8,11H2,1-5H3. The number of aryl methyl sites for hydroxylation is 4. The predicted molar refractivity (Wildman–Crippen MR) is 109 cm³/mol. The van der Waals surface area contributed by atoms with Gasteiger partial charge in [-0.25, -0.2) is 0 Å². The molecule has 1 unspecified atom stereocenters. The van der Waals surface area contributed by atoms with Crippen LogP contribution in [0.25, 0.3) is 0 Å². The van der Waals surface area contributed by atoms with Crippen LogP contribution in [0.4, 0.5) is 0 Å².